The van der Waals surface area contributed by atoms with Crippen LogP contribution in [0.5, 0.6) is 0 Å². The van der Waals surface area contributed by atoms with E-state index >= 15 is 0 Å². The minimum absolute atomic E-state index is 0.168. The van der Waals surface area contributed by atoms with Gasteiger partial charge >= 0.3 is 0 Å². The maximum absolute atomic E-state index is 13.2. The average molecular weight is 245 g/mol. The van der Waals surface area contributed by atoms with Gasteiger partial charge in [-0.3, -0.25) is 0 Å². The number of hydrogen-bond donors (Lipinski definition) is 0. The third kappa shape index (κ3) is 2.88. The minimum atomic E-state index is -0.168. The van der Waals surface area contributed by atoms with Crippen LogP contribution in [0.1, 0.15) is 19.4 Å². The van der Waals surface area contributed by atoms with Gasteiger partial charge in [0, 0.05) is 12.6 Å². The van der Waals surface area contributed by atoms with Crippen LogP contribution in [0.4, 0.5) is 4.39 Å². The van der Waals surface area contributed by atoms with Crippen LogP contribution in [0.2, 0.25) is 0 Å². The Morgan fingerprint density at radius 1 is 1.17 bits per heavy atom. The van der Waals surface area contributed by atoms with E-state index < -0.39 is 0 Å². The summed E-state index contributed by atoms with van der Waals surface area (Å²) in [4.78, 5) is 2.32. The fourth-order valence-electron chi connectivity index (χ4n) is 2.09. The van der Waals surface area contributed by atoms with Gasteiger partial charge in [0.05, 0.1) is 0 Å². The molecule has 0 aliphatic rings. The monoisotopic (exact) mass is 245 g/mol. The number of fused-ring (bicyclic) bond motifs is 1. The number of rotatable bonds is 4. The Kier molecular flexibility index (Phi) is 3.97. The molecule has 0 bridgehead atoms. The molecule has 0 aliphatic heterocycles. The van der Waals surface area contributed by atoms with E-state index in [1.54, 1.807) is 6.07 Å². The van der Waals surface area contributed by atoms with Gasteiger partial charge in [0.1, 0.15) is 5.82 Å². The molecule has 18 heavy (non-hydrogen) atoms. The summed E-state index contributed by atoms with van der Waals surface area (Å²) in [5, 5.41) is 2.15. The first-order valence-corrected chi connectivity index (χ1v) is 6.45. The molecular formula is C16H20FN. The summed E-state index contributed by atoms with van der Waals surface area (Å²) < 4.78 is 13.2. The first-order chi connectivity index (χ1) is 8.58. The van der Waals surface area contributed by atoms with E-state index in [1.165, 1.54) is 11.6 Å². The van der Waals surface area contributed by atoms with Crippen LogP contribution in [-0.4, -0.2) is 24.5 Å². The molecule has 2 rings (SSSR count). The van der Waals surface area contributed by atoms with Crippen molar-refractivity contribution in [2.45, 2.75) is 26.3 Å². The average Bonchev–Trinajstić information content (AvgIpc) is 2.35. The van der Waals surface area contributed by atoms with E-state index in [1.807, 2.05) is 18.2 Å². The Morgan fingerprint density at radius 2 is 1.94 bits per heavy atom. The zero-order valence-electron chi connectivity index (χ0n) is 11.3. The van der Waals surface area contributed by atoms with Gasteiger partial charge in [-0.1, -0.05) is 24.3 Å². The molecule has 2 aromatic carbocycles. The predicted molar refractivity (Wildman–Crippen MR) is 75.4 cm³/mol. The molecule has 1 nitrogen and oxygen atoms in total. The number of halogens is 1. The van der Waals surface area contributed by atoms with Gasteiger partial charge in [0.2, 0.25) is 0 Å². The topological polar surface area (TPSA) is 3.24 Å². The molecule has 2 aromatic rings. The highest BCUT2D eigenvalue weighted by Gasteiger charge is 2.06. The van der Waals surface area contributed by atoms with Gasteiger partial charge in [-0.15, -0.1) is 0 Å². The zero-order valence-corrected chi connectivity index (χ0v) is 11.3. The fraction of sp³-hybridized carbons (Fsp3) is 0.375. The summed E-state index contributed by atoms with van der Waals surface area (Å²) in [7, 11) is 2.13. The van der Waals surface area contributed by atoms with Crippen molar-refractivity contribution in [3.8, 4) is 0 Å². The van der Waals surface area contributed by atoms with Gasteiger partial charge in [-0.25, -0.2) is 4.39 Å². The van der Waals surface area contributed by atoms with Gasteiger partial charge in [-0.05, 0) is 55.8 Å². The van der Waals surface area contributed by atoms with Crippen LogP contribution in [0.3, 0.4) is 0 Å². The molecule has 0 unspecified atom stereocenters. The minimum Gasteiger partial charge on any atom is -0.304 e. The van der Waals surface area contributed by atoms with E-state index in [0.717, 1.165) is 23.7 Å². The normalized spacial score (nSPS) is 11.7. The molecule has 0 aromatic heterocycles. The number of nitrogens with zero attached hydrogens (tertiary/aromatic N) is 1. The molecule has 0 fully saturated rings. The number of likely N-dealkylation sites (N-methyl/N-ethyl adjacent to an activating group) is 1. The highest BCUT2D eigenvalue weighted by molar-refractivity contribution is 5.85. The van der Waals surface area contributed by atoms with Crippen LogP contribution < -0.4 is 0 Å². The molecule has 0 amide bonds. The molecular weight excluding hydrogens is 225 g/mol. The standard InChI is InChI=1S/C16H20FN/c1-12(2)18(3)10-9-13-5-4-6-14-11-15(17)7-8-16(13)14/h4-8,11-12H,9-10H2,1-3H3. The van der Waals surface area contributed by atoms with Crippen molar-refractivity contribution in [1.82, 2.24) is 4.90 Å². The van der Waals surface area contributed by atoms with Crippen molar-refractivity contribution in [2.75, 3.05) is 13.6 Å². The Morgan fingerprint density at radius 3 is 2.67 bits per heavy atom. The summed E-state index contributed by atoms with van der Waals surface area (Å²) in [6.07, 6.45) is 0.998. The van der Waals surface area contributed by atoms with Crippen molar-refractivity contribution < 1.29 is 4.39 Å². The molecule has 0 radical (unpaired) electrons. The van der Waals surface area contributed by atoms with Crippen molar-refractivity contribution in [3.63, 3.8) is 0 Å². The van der Waals surface area contributed by atoms with E-state index in [9.17, 15) is 4.39 Å². The Balaban J connectivity index is 2.23. The Labute approximate surface area is 108 Å². The lowest BCUT2D eigenvalue weighted by molar-refractivity contribution is 0.278. The van der Waals surface area contributed by atoms with E-state index in [4.69, 9.17) is 0 Å². The first kappa shape index (κ1) is 13.0. The first-order valence-electron chi connectivity index (χ1n) is 6.45. The summed E-state index contributed by atoms with van der Waals surface area (Å²) in [6.45, 7) is 5.41. The Hall–Kier alpha value is -1.41. The predicted octanol–water partition coefficient (Wildman–Crippen LogP) is 3.86. The highest BCUT2D eigenvalue weighted by Crippen LogP contribution is 2.20. The molecule has 96 valence electrons. The van der Waals surface area contributed by atoms with Crippen LogP contribution in [0.25, 0.3) is 10.8 Å². The SMILES string of the molecule is CC(C)N(C)CCc1cccc2cc(F)ccc12. The van der Waals surface area contributed by atoms with Gasteiger partial charge in [0.25, 0.3) is 0 Å². The van der Waals surface area contributed by atoms with Crippen molar-refractivity contribution in [2.24, 2.45) is 0 Å². The summed E-state index contributed by atoms with van der Waals surface area (Å²) in [6, 6.07) is 11.7. The van der Waals surface area contributed by atoms with Crippen molar-refractivity contribution in [1.29, 1.82) is 0 Å². The second kappa shape index (κ2) is 5.49. The molecule has 0 saturated carbocycles. The summed E-state index contributed by atoms with van der Waals surface area (Å²) in [5.74, 6) is -0.168. The second-order valence-corrected chi connectivity index (χ2v) is 5.11. The van der Waals surface area contributed by atoms with Crippen LogP contribution in [0.15, 0.2) is 36.4 Å². The summed E-state index contributed by atoms with van der Waals surface area (Å²) in [5.41, 5.74) is 1.29. The highest BCUT2D eigenvalue weighted by atomic mass is 19.1. The number of benzene rings is 2. The lowest BCUT2D eigenvalue weighted by atomic mass is 10.0. The van der Waals surface area contributed by atoms with E-state index in [2.05, 4.69) is 31.9 Å². The molecule has 0 spiro atoms. The lowest BCUT2D eigenvalue weighted by Gasteiger charge is -2.21. The largest absolute Gasteiger partial charge is 0.304 e. The summed E-state index contributed by atoms with van der Waals surface area (Å²) >= 11 is 0. The third-order valence-electron chi connectivity index (χ3n) is 3.55. The quantitative estimate of drug-likeness (QED) is 0.790. The number of hydrogen-bond acceptors (Lipinski definition) is 1. The van der Waals surface area contributed by atoms with Crippen LogP contribution in [-0.2, 0) is 6.42 Å². The molecule has 0 saturated heterocycles. The maximum atomic E-state index is 13.2. The van der Waals surface area contributed by atoms with Crippen molar-refractivity contribution >= 4 is 10.8 Å². The van der Waals surface area contributed by atoms with Gasteiger partial charge in [0.15, 0.2) is 0 Å². The molecule has 0 heterocycles. The van der Waals surface area contributed by atoms with E-state index in [0.29, 0.717) is 6.04 Å². The molecule has 2 heteroatoms. The fourth-order valence-corrected chi connectivity index (χ4v) is 2.09. The molecule has 0 atom stereocenters. The smallest absolute Gasteiger partial charge is 0.123 e. The Bertz CT molecular complexity index is 534. The molecule has 0 aliphatic carbocycles. The maximum Gasteiger partial charge on any atom is 0.123 e. The van der Waals surface area contributed by atoms with Crippen LogP contribution in [0, 0.1) is 5.82 Å². The second-order valence-electron chi connectivity index (χ2n) is 5.11. The van der Waals surface area contributed by atoms with Gasteiger partial charge < -0.3 is 4.90 Å². The van der Waals surface area contributed by atoms with Gasteiger partial charge in [-0.2, -0.15) is 0 Å². The molecule has 0 N–H and O–H groups in total. The third-order valence-corrected chi connectivity index (χ3v) is 3.55. The lowest BCUT2D eigenvalue weighted by Crippen LogP contribution is -2.28. The van der Waals surface area contributed by atoms with Crippen LogP contribution >= 0.6 is 0 Å². The van der Waals surface area contributed by atoms with E-state index in [-0.39, 0.29) is 5.82 Å². The van der Waals surface area contributed by atoms with Crippen molar-refractivity contribution in [3.05, 3.63) is 47.8 Å². The zero-order chi connectivity index (χ0) is 13.1.